The molecular weight excluding hydrogens is 294 g/mol. The van der Waals surface area contributed by atoms with E-state index >= 15 is 0 Å². The van der Waals surface area contributed by atoms with Crippen LogP contribution in [0.4, 0.5) is 0 Å². The Kier molecular flexibility index (Phi) is 4.85. The van der Waals surface area contributed by atoms with E-state index < -0.39 is 0 Å². The number of nitrogens with one attached hydrogen (secondary N) is 1. The van der Waals surface area contributed by atoms with E-state index in [4.69, 9.17) is 4.74 Å². The molecule has 1 N–H and O–H groups in total. The predicted octanol–water partition coefficient (Wildman–Crippen LogP) is 1.79. The maximum atomic E-state index is 11.9. The summed E-state index contributed by atoms with van der Waals surface area (Å²) in [5.74, 6) is 1.20. The molecule has 3 rings (SSSR count). The summed E-state index contributed by atoms with van der Waals surface area (Å²) in [6.45, 7) is 2.28. The fourth-order valence-electron chi connectivity index (χ4n) is 2.84. The Bertz CT molecular complexity index is 664. The van der Waals surface area contributed by atoms with E-state index in [1.54, 1.807) is 0 Å². The molecule has 7 heteroatoms. The van der Waals surface area contributed by atoms with Gasteiger partial charge in [-0.2, -0.15) is 0 Å². The topological polar surface area (TPSA) is 81.9 Å². The molecule has 23 heavy (non-hydrogen) atoms. The highest BCUT2D eigenvalue weighted by Gasteiger charge is 2.21. The number of nitrogens with zero attached hydrogens (tertiary/aromatic N) is 4. The lowest BCUT2D eigenvalue weighted by molar-refractivity contribution is -0.123. The molecule has 2 aromatic rings. The summed E-state index contributed by atoms with van der Waals surface area (Å²) in [5, 5.41) is 14.6. The predicted molar refractivity (Wildman–Crippen MR) is 83.8 cm³/mol. The van der Waals surface area contributed by atoms with Crippen molar-refractivity contribution in [3.05, 3.63) is 35.7 Å². The first-order valence-corrected chi connectivity index (χ1v) is 7.95. The van der Waals surface area contributed by atoms with E-state index in [1.807, 2.05) is 35.9 Å². The van der Waals surface area contributed by atoms with Crippen LogP contribution in [0.25, 0.3) is 0 Å². The fraction of sp³-hybridized carbons (Fsp3) is 0.500. The van der Waals surface area contributed by atoms with E-state index in [0.29, 0.717) is 24.2 Å². The second-order valence-electron chi connectivity index (χ2n) is 5.86. The summed E-state index contributed by atoms with van der Waals surface area (Å²) in [5.41, 5.74) is 1.10. The number of aryl methyl sites for hydroxylation is 1. The number of rotatable bonds is 6. The van der Waals surface area contributed by atoms with Crippen LogP contribution >= 0.6 is 0 Å². The molecule has 0 saturated heterocycles. The third-order valence-corrected chi connectivity index (χ3v) is 4.03. The molecule has 1 saturated carbocycles. The average Bonchev–Trinajstić information content (AvgIpc) is 3.21. The molecule has 1 heterocycles. The lowest BCUT2D eigenvalue weighted by Gasteiger charge is -2.12. The van der Waals surface area contributed by atoms with Crippen LogP contribution in [0.3, 0.4) is 0 Å². The SMILES string of the molecule is Cc1cccc(OCC(=O)NCc2nnnn2C2CCCC2)c1. The summed E-state index contributed by atoms with van der Waals surface area (Å²) in [7, 11) is 0. The molecule has 1 aliphatic carbocycles. The van der Waals surface area contributed by atoms with Crippen molar-refractivity contribution >= 4 is 5.91 Å². The van der Waals surface area contributed by atoms with Crippen molar-refractivity contribution in [2.24, 2.45) is 0 Å². The van der Waals surface area contributed by atoms with Crippen LogP contribution in [0, 0.1) is 6.92 Å². The van der Waals surface area contributed by atoms with Gasteiger partial charge in [0.05, 0.1) is 12.6 Å². The minimum Gasteiger partial charge on any atom is -0.484 e. The van der Waals surface area contributed by atoms with Gasteiger partial charge in [-0.3, -0.25) is 4.79 Å². The average molecular weight is 315 g/mol. The van der Waals surface area contributed by atoms with Crippen molar-refractivity contribution < 1.29 is 9.53 Å². The first kappa shape index (κ1) is 15.5. The zero-order chi connectivity index (χ0) is 16.1. The molecular formula is C16H21N5O2. The van der Waals surface area contributed by atoms with Gasteiger partial charge in [0, 0.05) is 0 Å². The minimum atomic E-state index is -0.188. The molecule has 1 aliphatic rings. The number of benzene rings is 1. The van der Waals surface area contributed by atoms with Crippen molar-refractivity contribution in [1.82, 2.24) is 25.5 Å². The first-order valence-electron chi connectivity index (χ1n) is 7.95. The van der Waals surface area contributed by atoms with Gasteiger partial charge in [-0.05, 0) is 47.9 Å². The molecule has 0 atom stereocenters. The number of carbonyl (C=O) groups is 1. The van der Waals surface area contributed by atoms with Gasteiger partial charge in [0.1, 0.15) is 5.75 Å². The van der Waals surface area contributed by atoms with Crippen molar-refractivity contribution in [2.45, 2.75) is 45.2 Å². The minimum absolute atomic E-state index is 0.0194. The van der Waals surface area contributed by atoms with Gasteiger partial charge in [-0.15, -0.1) is 5.10 Å². The lowest BCUT2D eigenvalue weighted by Crippen LogP contribution is -2.30. The summed E-state index contributed by atoms with van der Waals surface area (Å²) >= 11 is 0. The maximum absolute atomic E-state index is 11.9. The molecule has 122 valence electrons. The van der Waals surface area contributed by atoms with Crippen LogP contribution in [-0.4, -0.2) is 32.7 Å². The summed E-state index contributed by atoms with van der Waals surface area (Å²) < 4.78 is 7.32. The molecule has 1 fully saturated rings. The molecule has 0 bridgehead atoms. The number of amides is 1. The highest BCUT2D eigenvalue weighted by molar-refractivity contribution is 5.77. The maximum Gasteiger partial charge on any atom is 0.258 e. The van der Waals surface area contributed by atoms with Gasteiger partial charge in [0.2, 0.25) is 0 Å². The zero-order valence-electron chi connectivity index (χ0n) is 13.2. The molecule has 0 spiro atoms. The van der Waals surface area contributed by atoms with Crippen LogP contribution < -0.4 is 10.1 Å². The van der Waals surface area contributed by atoms with E-state index in [1.165, 1.54) is 12.8 Å². The molecule has 1 aromatic carbocycles. The Morgan fingerprint density at radius 2 is 2.22 bits per heavy atom. The normalized spacial score (nSPS) is 14.8. The first-order chi connectivity index (χ1) is 11.2. The number of hydrogen-bond acceptors (Lipinski definition) is 5. The quantitative estimate of drug-likeness (QED) is 0.879. The second kappa shape index (κ2) is 7.21. The van der Waals surface area contributed by atoms with Gasteiger partial charge >= 0.3 is 0 Å². The fourth-order valence-corrected chi connectivity index (χ4v) is 2.84. The number of ether oxygens (including phenoxy) is 1. The summed E-state index contributed by atoms with van der Waals surface area (Å²) in [6.07, 6.45) is 4.62. The highest BCUT2D eigenvalue weighted by atomic mass is 16.5. The molecule has 7 nitrogen and oxygen atoms in total. The Morgan fingerprint density at radius 3 is 3.00 bits per heavy atom. The molecule has 0 radical (unpaired) electrons. The van der Waals surface area contributed by atoms with Crippen molar-refractivity contribution in [2.75, 3.05) is 6.61 Å². The summed E-state index contributed by atoms with van der Waals surface area (Å²) in [6, 6.07) is 7.98. The van der Waals surface area contributed by atoms with Crippen LogP contribution in [-0.2, 0) is 11.3 Å². The van der Waals surface area contributed by atoms with Crippen molar-refractivity contribution in [3.63, 3.8) is 0 Å². The molecule has 1 aromatic heterocycles. The standard InChI is InChI=1S/C16H21N5O2/c1-12-5-4-8-14(9-12)23-11-16(22)17-10-15-18-19-20-21(15)13-6-2-3-7-13/h4-5,8-9,13H,2-3,6-7,10-11H2,1H3,(H,17,22). The van der Waals surface area contributed by atoms with Gasteiger partial charge in [-0.1, -0.05) is 25.0 Å². The zero-order valence-corrected chi connectivity index (χ0v) is 13.2. The third-order valence-electron chi connectivity index (χ3n) is 4.03. The van der Waals surface area contributed by atoms with Crippen molar-refractivity contribution in [1.29, 1.82) is 0 Å². The highest BCUT2D eigenvalue weighted by Crippen LogP contribution is 2.28. The van der Waals surface area contributed by atoms with E-state index in [-0.39, 0.29) is 12.5 Å². The smallest absolute Gasteiger partial charge is 0.258 e. The Labute approximate surface area is 135 Å². The largest absolute Gasteiger partial charge is 0.484 e. The van der Waals surface area contributed by atoms with Gasteiger partial charge in [0.25, 0.3) is 5.91 Å². The van der Waals surface area contributed by atoms with Gasteiger partial charge in [0.15, 0.2) is 12.4 Å². The number of tetrazole rings is 1. The van der Waals surface area contributed by atoms with Crippen LogP contribution in [0.15, 0.2) is 24.3 Å². The number of hydrogen-bond donors (Lipinski definition) is 1. The van der Waals surface area contributed by atoms with Crippen molar-refractivity contribution in [3.8, 4) is 5.75 Å². The van der Waals surface area contributed by atoms with E-state index in [0.717, 1.165) is 18.4 Å². The summed E-state index contributed by atoms with van der Waals surface area (Å²) in [4.78, 5) is 11.9. The molecule has 1 amide bonds. The Balaban J connectivity index is 1.48. The van der Waals surface area contributed by atoms with Crippen LogP contribution in [0.5, 0.6) is 5.75 Å². The Morgan fingerprint density at radius 1 is 1.39 bits per heavy atom. The second-order valence-corrected chi connectivity index (χ2v) is 5.86. The van der Waals surface area contributed by atoms with Gasteiger partial charge in [-0.25, -0.2) is 4.68 Å². The van der Waals surface area contributed by atoms with Crippen LogP contribution in [0.2, 0.25) is 0 Å². The molecule has 0 aliphatic heterocycles. The monoisotopic (exact) mass is 315 g/mol. The van der Waals surface area contributed by atoms with E-state index in [9.17, 15) is 4.79 Å². The Hall–Kier alpha value is -2.44. The number of carbonyl (C=O) groups excluding carboxylic acids is 1. The third kappa shape index (κ3) is 4.06. The van der Waals surface area contributed by atoms with Crippen LogP contribution in [0.1, 0.15) is 43.1 Å². The van der Waals surface area contributed by atoms with Gasteiger partial charge < -0.3 is 10.1 Å². The lowest BCUT2D eigenvalue weighted by atomic mass is 10.2. The molecule has 0 unspecified atom stereocenters. The van der Waals surface area contributed by atoms with E-state index in [2.05, 4.69) is 20.8 Å². The number of aromatic nitrogens is 4.